The van der Waals surface area contributed by atoms with Crippen molar-refractivity contribution in [2.75, 3.05) is 13.2 Å². The van der Waals surface area contributed by atoms with Crippen LogP contribution in [0.4, 0.5) is 4.79 Å². The monoisotopic (exact) mass is 284 g/mol. The molecule has 2 unspecified atom stereocenters. The number of hydrogen-bond donors (Lipinski definition) is 3. The highest BCUT2D eigenvalue weighted by Gasteiger charge is 2.10. The molecule has 0 spiro atoms. The first-order valence-electron chi connectivity index (χ1n) is 6.71. The highest BCUT2D eigenvalue weighted by atomic mass is 32.1. The minimum absolute atomic E-state index is 0.117. The number of urea groups is 1. The quantitative estimate of drug-likeness (QED) is 0.719. The molecule has 0 saturated heterocycles. The maximum atomic E-state index is 11.7. The lowest BCUT2D eigenvalue weighted by atomic mass is 10.1. The minimum Gasteiger partial charge on any atom is -0.396 e. The second-order valence-electron chi connectivity index (χ2n) is 5.09. The van der Waals surface area contributed by atoms with Crippen LogP contribution < -0.4 is 10.6 Å². The van der Waals surface area contributed by atoms with Gasteiger partial charge in [-0.1, -0.05) is 6.92 Å². The summed E-state index contributed by atoms with van der Waals surface area (Å²) in [6.45, 7) is 6.86. The van der Waals surface area contributed by atoms with E-state index >= 15 is 0 Å². The summed E-state index contributed by atoms with van der Waals surface area (Å²) in [6, 6.07) is 4.19. The molecule has 2 atom stereocenters. The maximum absolute atomic E-state index is 11.7. The van der Waals surface area contributed by atoms with E-state index in [0.717, 1.165) is 6.42 Å². The van der Waals surface area contributed by atoms with Crippen LogP contribution in [0.3, 0.4) is 0 Å². The van der Waals surface area contributed by atoms with Crippen LogP contribution in [0.1, 0.15) is 30.0 Å². The van der Waals surface area contributed by atoms with E-state index in [2.05, 4.69) is 29.7 Å². The molecule has 4 nitrogen and oxygen atoms in total. The van der Waals surface area contributed by atoms with Crippen LogP contribution in [0, 0.1) is 12.8 Å². The van der Waals surface area contributed by atoms with Crippen LogP contribution in [0.2, 0.25) is 0 Å². The van der Waals surface area contributed by atoms with Crippen molar-refractivity contribution in [2.45, 2.75) is 39.7 Å². The van der Waals surface area contributed by atoms with E-state index in [4.69, 9.17) is 5.11 Å². The molecule has 2 amide bonds. The molecule has 1 aromatic rings. The third-order valence-corrected chi connectivity index (χ3v) is 3.94. The van der Waals surface area contributed by atoms with Crippen LogP contribution in [0.15, 0.2) is 12.1 Å². The molecule has 1 rings (SSSR count). The molecule has 0 fully saturated rings. The molecule has 1 heterocycles. The van der Waals surface area contributed by atoms with Crippen molar-refractivity contribution in [1.82, 2.24) is 10.6 Å². The molecule has 108 valence electrons. The lowest BCUT2D eigenvalue weighted by molar-refractivity contribution is 0.231. The Bertz CT molecular complexity index is 393. The van der Waals surface area contributed by atoms with Gasteiger partial charge in [0, 0.05) is 35.4 Å². The molecule has 0 radical (unpaired) electrons. The van der Waals surface area contributed by atoms with Crippen molar-refractivity contribution in [3.05, 3.63) is 21.9 Å². The fraction of sp³-hybridized carbons (Fsp3) is 0.643. The molecule has 0 saturated carbocycles. The van der Waals surface area contributed by atoms with Gasteiger partial charge >= 0.3 is 6.03 Å². The summed E-state index contributed by atoms with van der Waals surface area (Å²) < 4.78 is 0. The zero-order valence-electron chi connectivity index (χ0n) is 11.9. The Kier molecular flexibility index (Phi) is 6.87. The Morgan fingerprint density at radius 1 is 1.42 bits per heavy atom. The Morgan fingerprint density at radius 3 is 2.74 bits per heavy atom. The first kappa shape index (κ1) is 16.0. The average Bonchev–Trinajstić information content (AvgIpc) is 2.72. The second kappa shape index (κ2) is 8.17. The number of aliphatic hydroxyl groups is 1. The van der Waals surface area contributed by atoms with Crippen LogP contribution in [-0.2, 0) is 6.42 Å². The summed E-state index contributed by atoms with van der Waals surface area (Å²) in [5.74, 6) is 0.297. The largest absolute Gasteiger partial charge is 0.396 e. The zero-order chi connectivity index (χ0) is 14.3. The van der Waals surface area contributed by atoms with Gasteiger partial charge in [0.2, 0.25) is 0 Å². The first-order chi connectivity index (χ1) is 9.01. The maximum Gasteiger partial charge on any atom is 0.315 e. The average molecular weight is 284 g/mol. The third-order valence-electron chi connectivity index (χ3n) is 2.91. The Morgan fingerprint density at radius 2 is 2.16 bits per heavy atom. The molecule has 0 aliphatic carbocycles. The van der Waals surface area contributed by atoms with Crippen molar-refractivity contribution >= 4 is 17.4 Å². The molecular formula is C14H24N2O2S. The number of carbonyl (C=O) groups is 1. The predicted molar refractivity (Wildman–Crippen MR) is 79.6 cm³/mol. The van der Waals surface area contributed by atoms with Gasteiger partial charge in [0.1, 0.15) is 0 Å². The molecule has 0 aliphatic heterocycles. The summed E-state index contributed by atoms with van der Waals surface area (Å²) >= 11 is 1.77. The topological polar surface area (TPSA) is 61.4 Å². The Hall–Kier alpha value is -1.07. The van der Waals surface area contributed by atoms with Gasteiger partial charge < -0.3 is 15.7 Å². The van der Waals surface area contributed by atoms with Gasteiger partial charge in [0.25, 0.3) is 0 Å². The number of thiophene rings is 1. The van der Waals surface area contributed by atoms with E-state index in [9.17, 15) is 4.79 Å². The predicted octanol–water partition coefficient (Wildman–Crippen LogP) is 2.31. The molecule has 3 N–H and O–H groups in total. The summed E-state index contributed by atoms with van der Waals surface area (Å²) in [6.07, 6.45) is 1.57. The van der Waals surface area contributed by atoms with Crippen molar-refractivity contribution in [3.63, 3.8) is 0 Å². The van der Waals surface area contributed by atoms with E-state index in [1.165, 1.54) is 9.75 Å². The van der Waals surface area contributed by atoms with Crippen molar-refractivity contribution in [2.24, 2.45) is 5.92 Å². The summed E-state index contributed by atoms with van der Waals surface area (Å²) in [7, 11) is 0. The number of carbonyl (C=O) groups excluding carboxylic acids is 1. The standard InChI is InChI=1S/C14H24N2O2S/c1-10(6-7-17)9-15-14(18)16-11(2)8-13-5-4-12(3)19-13/h4-5,10-11,17H,6-9H2,1-3H3,(H2,15,16,18). The smallest absolute Gasteiger partial charge is 0.315 e. The van der Waals surface area contributed by atoms with Gasteiger partial charge in [-0.3, -0.25) is 0 Å². The van der Waals surface area contributed by atoms with Crippen LogP contribution in [0.5, 0.6) is 0 Å². The van der Waals surface area contributed by atoms with Crippen LogP contribution in [-0.4, -0.2) is 30.3 Å². The molecule has 0 bridgehead atoms. The lowest BCUT2D eigenvalue weighted by Crippen LogP contribution is -2.43. The Balaban J connectivity index is 2.24. The highest BCUT2D eigenvalue weighted by molar-refractivity contribution is 7.11. The lowest BCUT2D eigenvalue weighted by Gasteiger charge is -2.16. The molecule has 19 heavy (non-hydrogen) atoms. The van der Waals surface area contributed by atoms with Gasteiger partial charge in [-0.05, 0) is 38.3 Å². The molecule has 0 aromatic carbocycles. The summed E-state index contributed by atoms with van der Waals surface area (Å²) in [4.78, 5) is 14.3. The number of amides is 2. The zero-order valence-corrected chi connectivity index (χ0v) is 12.7. The van der Waals surface area contributed by atoms with Crippen molar-refractivity contribution < 1.29 is 9.90 Å². The van der Waals surface area contributed by atoms with Crippen molar-refractivity contribution in [1.29, 1.82) is 0 Å². The Labute approximate surface area is 119 Å². The third kappa shape index (κ3) is 6.59. The number of aryl methyl sites for hydroxylation is 1. The SMILES string of the molecule is Cc1ccc(CC(C)NC(=O)NCC(C)CCO)s1. The van der Waals surface area contributed by atoms with E-state index in [1.807, 2.05) is 13.8 Å². The van der Waals surface area contributed by atoms with Gasteiger partial charge in [0.15, 0.2) is 0 Å². The highest BCUT2D eigenvalue weighted by Crippen LogP contribution is 2.16. The van der Waals surface area contributed by atoms with Gasteiger partial charge in [-0.15, -0.1) is 11.3 Å². The van der Waals surface area contributed by atoms with E-state index in [1.54, 1.807) is 11.3 Å². The molecule has 0 aliphatic rings. The molecular weight excluding hydrogens is 260 g/mol. The number of aliphatic hydroxyl groups excluding tert-OH is 1. The summed E-state index contributed by atoms with van der Waals surface area (Å²) in [5.41, 5.74) is 0. The molecule has 1 aromatic heterocycles. The summed E-state index contributed by atoms with van der Waals surface area (Å²) in [5, 5.41) is 14.5. The van der Waals surface area contributed by atoms with Gasteiger partial charge in [0.05, 0.1) is 0 Å². The molecule has 5 heteroatoms. The second-order valence-corrected chi connectivity index (χ2v) is 6.46. The van der Waals surface area contributed by atoms with Crippen molar-refractivity contribution in [3.8, 4) is 0 Å². The normalized spacial score (nSPS) is 13.9. The van der Waals surface area contributed by atoms with E-state index < -0.39 is 0 Å². The number of nitrogens with one attached hydrogen (secondary N) is 2. The van der Waals surface area contributed by atoms with Crippen LogP contribution in [0.25, 0.3) is 0 Å². The van der Waals surface area contributed by atoms with Gasteiger partial charge in [-0.25, -0.2) is 4.79 Å². The number of hydrogen-bond acceptors (Lipinski definition) is 3. The first-order valence-corrected chi connectivity index (χ1v) is 7.53. The van der Waals surface area contributed by atoms with Crippen LogP contribution >= 0.6 is 11.3 Å². The van der Waals surface area contributed by atoms with E-state index in [-0.39, 0.29) is 18.7 Å². The fourth-order valence-electron chi connectivity index (χ4n) is 1.81. The van der Waals surface area contributed by atoms with Gasteiger partial charge in [-0.2, -0.15) is 0 Å². The van der Waals surface area contributed by atoms with E-state index in [0.29, 0.717) is 18.9 Å². The number of rotatable bonds is 7. The minimum atomic E-state index is -0.134. The fourth-order valence-corrected chi connectivity index (χ4v) is 2.83.